The van der Waals surface area contributed by atoms with Crippen LogP contribution >= 0.6 is 27.5 Å². The molecule has 5 nitrogen and oxygen atoms in total. The Morgan fingerprint density at radius 2 is 1.76 bits per heavy atom. The van der Waals surface area contributed by atoms with E-state index in [2.05, 4.69) is 31.0 Å². The van der Waals surface area contributed by atoms with E-state index in [0.717, 1.165) is 18.3 Å². The predicted octanol–water partition coefficient (Wildman–Crippen LogP) is 8.05. The van der Waals surface area contributed by atoms with Crippen molar-refractivity contribution in [2.24, 2.45) is 0 Å². The average molecular weight is 569 g/mol. The van der Waals surface area contributed by atoms with E-state index in [1.54, 1.807) is 19.1 Å². The van der Waals surface area contributed by atoms with Gasteiger partial charge in [0.15, 0.2) is 17.4 Å². The first-order chi connectivity index (χ1) is 15.7. The van der Waals surface area contributed by atoms with Gasteiger partial charge in [0.2, 0.25) is 0 Å². The highest BCUT2D eigenvalue weighted by Crippen LogP contribution is 2.39. The quantitative estimate of drug-likeness (QED) is 0.233. The maximum atomic E-state index is 12.7. The highest BCUT2D eigenvalue weighted by atomic mass is 79.9. The first-order valence-corrected chi connectivity index (χ1v) is 10.3. The standard InChI is InChI=1S/C21H13BrClF6N3O2/c1-10-32-17(18(33-10)11-2-5-13(6-3-11)34-21(27,28)29)14-8-12(22)4-7-16(14)31-9-15(23)19(30)20(24,25)26/h2-9,30-31H,1H3/b15-9+,30-19?. The van der Waals surface area contributed by atoms with Crippen molar-refractivity contribution >= 4 is 38.9 Å². The Balaban J connectivity index is 2.00. The fourth-order valence-electron chi connectivity index (χ4n) is 2.80. The van der Waals surface area contributed by atoms with Crippen molar-refractivity contribution in [3.05, 3.63) is 64.1 Å². The fourth-order valence-corrected chi connectivity index (χ4v) is 3.32. The molecule has 0 amide bonds. The molecule has 2 N–H and O–H groups in total. The molecule has 0 bridgehead atoms. The summed E-state index contributed by atoms with van der Waals surface area (Å²) in [5, 5.41) is 8.87. The molecule has 0 saturated heterocycles. The second-order valence-corrected chi connectivity index (χ2v) is 8.00. The predicted molar refractivity (Wildman–Crippen MR) is 118 cm³/mol. The number of ether oxygens (including phenoxy) is 1. The van der Waals surface area contributed by atoms with Gasteiger partial charge in [-0.1, -0.05) is 27.5 Å². The van der Waals surface area contributed by atoms with Crippen LogP contribution in [0.4, 0.5) is 32.0 Å². The Bertz CT molecular complexity index is 1240. The summed E-state index contributed by atoms with van der Waals surface area (Å²) in [5.74, 6) is 0.0139. The van der Waals surface area contributed by atoms with Crippen molar-refractivity contribution < 1.29 is 35.5 Å². The molecule has 0 spiro atoms. The van der Waals surface area contributed by atoms with Crippen LogP contribution in [0, 0.1) is 12.3 Å². The molecule has 0 saturated carbocycles. The fraction of sp³-hybridized carbons (Fsp3) is 0.143. The van der Waals surface area contributed by atoms with Crippen LogP contribution in [0.2, 0.25) is 0 Å². The van der Waals surface area contributed by atoms with Crippen LogP contribution in [0.5, 0.6) is 5.75 Å². The average Bonchev–Trinajstić information content (AvgIpc) is 3.12. The monoisotopic (exact) mass is 567 g/mol. The van der Waals surface area contributed by atoms with Crippen molar-refractivity contribution in [1.82, 2.24) is 4.98 Å². The van der Waals surface area contributed by atoms with Crippen molar-refractivity contribution in [1.29, 1.82) is 5.41 Å². The van der Waals surface area contributed by atoms with E-state index in [9.17, 15) is 26.3 Å². The summed E-state index contributed by atoms with van der Waals surface area (Å²) in [6.07, 6.45) is -8.94. The molecule has 0 aliphatic carbocycles. The summed E-state index contributed by atoms with van der Waals surface area (Å²) in [6, 6.07) is 9.66. The van der Waals surface area contributed by atoms with E-state index in [4.69, 9.17) is 21.4 Å². The molecule has 1 heterocycles. The van der Waals surface area contributed by atoms with E-state index in [-0.39, 0.29) is 23.0 Å². The number of anilines is 1. The number of nitrogens with one attached hydrogen (secondary N) is 2. The number of rotatable bonds is 6. The molecule has 1 aromatic heterocycles. The summed E-state index contributed by atoms with van der Waals surface area (Å²) in [6.45, 7) is 1.56. The first-order valence-electron chi connectivity index (χ1n) is 9.16. The third kappa shape index (κ3) is 6.32. The van der Waals surface area contributed by atoms with Crippen LogP contribution in [0.3, 0.4) is 0 Å². The number of allylic oxidation sites excluding steroid dienone is 1. The number of aromatic nitrogens is 1. The van der Waals surface area contributed by atoms with Crippen LogP contribution in [0.1, 0.15) is 5.89 Å². The van der Waals surface area contributed by atoms with Crippen LogP contribution in [0.25, 0.3) is 22.6 Å². The Morgan fingerprint density at radius 1 is 1.12 bits per heavy atom. The lowest BCUT2D eigenvalue weighted by molar-refractivity contribution is -0.274. The lowest BCUT2D eigenvalue weighted by atomic mass is 10.0. The minimum absolute atomic E-state index is 0.204. The van der Waals surface area contributed by atoms with Gasteiger partial charge in [-0.05, 0) is 42.5 Å². The van der Waals surface area contributed by atoms with Gasteiger partial charge in [-0.2, -0.15) is 13.2 Å². The normalized spacial score (nSPS) is 12.6. The third-order valence-corrected chi connectivity index (χ3v) is 4.99. The van der Waals surface area contributed by atoms with E-state index in [1.165, 1.54) is 18.2 Å². The second-order valence-electron chi connectivity index (χ2n) is 6.68. The molecular weight excluding hydrogens is 556 g/mol. The molecule has 0 unspecified atom stereocenters. The zero-order chi connectivity index (χ0) is 25.3. The van der Waals surface area contributed by atoms with E-state index >= 15 is 0 Å². The van der Waals surface area contributed by atoms with Crippen molar-refractivity contribution in [3.8, 4) is 28.3 Å². The highest BCUT2D eigenvalue weighted by molar-refractivity contribution is 9.10. The second kappa shape index (κ2) is 9.71. The Kier molecular flexibility index (Phi) is 7.32. The number of hydrogen-bond donors (Lipinski definition) is 2. The maximum Gasteiger partial charge on any atom is 0.573 e. The molecule has 0 aliphatic heterocycles. The Hall–Kier alpha value is -2.99. The molecule has 3 aromatic rings. The van der Waals surface area contributed by atoms with Gasteiger partial charge in [-0.3, -0.25) is 5.41 Å². The van der Waals surface area contributed by atoms with Gasteiger partial charge in [0.1, 0.15) is 11.4 Å². The summed E-state index contributed by atoms with van der Waals surface area (Å²) in [5.41, 5.74) is -0.414. The molecule has 13 heteroatoms. The van der Waals surface area contributed by atoms with Gasteiger partial charge in [-0.25, -0.2) is 4.98 Å². The number of nitrogens with zero attached hydrogens (tertiary/aromatic N) is 1. The molecule has 2 aromatic carbocycles. The summed E-state index contributed by atoms with van der Waals surface area (Å²) in [7, 11) is 0. The number of benzene rings is 2. The van der Waals surface area contributed by atoms with Gasteiger partial charge in [-0.15, -0.1) is 13.2 Å². The van der Waals surface area contributed by atoms with Gasteiger partial charge >= 0.3 is 12.5 Å². The molecule has 34 heavy (non-hydrogen) atoms. The Labute approximate surface area is 202 Å². The molecule has 180 valence electrons. The lowest BCUT2D eigenvalue weighted by Crippen LogP contribution is -2.22. The smallest absolute Gasteiger partial charge is 0.440 e. The van der Waals surface area contributed by atoms with Crippen LogP contribution < -0.4 is 10.1 Å². The van der Waals surface area contributed by atoms with E-state index in [1.807, 2.05) is 0 Å². The molecule has 0 aliphatic rings. The number of oxazole rings is 1. The highest BCUT2D eigenvalue weighted by Gasteiger charge is 2.36. The van der Waals surface area contributed by atoms with Crippen LogP contribution in [0.15, 0.2) is 62.6 Å². The Morgan fingerprint density at radius 3 is 2.35 bits per heavy atom. The molecule has 0 radical (unpaired) electrons. The van der Waals surface area contributed by atoms with Crippen molar-refractivity contribution in [3.63, 3.8) is 0 Å². The summed E-state index contributed by atoms with van der Waals surface area (Å²) in [4.78, 5) is 4.33. The van der Waals surface area contributed by atoms with Crippen LogP contribution in [-0.4, -0.2) is 23.2 Å². The number of hydrogen-bond acceptors (Lipinski definition) is 5. The van der Waals surface area contributed by atoms with E-state index in [0.29, 0.717) is 15.6 Å². The number of alkyl halides is 6. The first kappa shape index (κ1) is 25.6. The van der Waals surface area contributed by atoms with Gasteiger partial charge < -0.3 is 14.5 Å². The maximum absolute atomic E-state index is 12.7. The zero-order valence-electron chi connectivity index (χ0n) is 16.9. The minimum Gasteiger partial charge on any atom is -0.440 e. The van der Waals surface area contributed by atoms with Crippen molar-refractivity contribution in [2.45, 2.75) is 19.5 Å². The number of halogens is 8. The molecular formula is C21H13BrClF6N3O2. The SMILES string of the molecule is Cc1nc(-c2cc(Br)ccc2N/C=C(/Cl)C(=N)C(F)(F)F)c(-c2ccc(OC(F)(F)F)cc2)o1. The van der Waals surface area contributed by atoms with Crippen LogP contribution in [-0.2, 0) is 0 Å². The molecule has 0 fully saturated rings. The summed E-state index contributed by atoms with van der Waals surface area (Å²) >= 11 is 8.92. The van der Waals surface area contributed by atoms with Gasteiger partial charge in [0.25, 0.3) is 0 Å². The van der Waals surface area contributed by atoms with E-state index < -0.39 is 29.0 Å². The van der Waals surface area contributed by atoms with Gasteiger partial charge in [0.05, 0.1) is 5.03 Å². The largest absolute Gasteiger partial charge is 0.573 e. The number of aryl methyl sites for hydroxylation is 1. The molecule has 0 atom stereocenters. The minimum atomic E-state index is -4.92. The summed E-state index contributed by atoms with van der Waals surface area (Å²) < 4.78 is 85.5. The van der Waals surface area contributed by atoms with Crippen molar-refractivity contribution in [2.75, 3.05) is 5.32 Å². The lowest BCUT2D eigenvalue weighted by Gasteiger charge is -2.12. The van der Waals surface area contributed by atoms with Gasteiger partial charge in [0, 0.05) is 34.4 Å². The topological polar surface area (TPSA) is 71.1 Å². The zero-order valence-corrected chi connectivity index (χ0v) is 19.2. The third-order valence-electron chi connectivity index (χ3n) is 4.20. The molecule has 3 rings (SSSR count).